The third kappa shape index (κ3) is 1.53. The molecule has 1 rings (SSSR count). The van der Waals surface area contributed by atoms with E-state index in [-0.39, 0.29) is 11.9 Å². The van der Waals surface area contributed by atoms with Crippen molar-refractivity contribution >= 4 is 5.91 Å². The number of amides is 1. The quantitative estimate of drug-likeness (QED) is 0.641. The fourth-order valence-corrected chi connectivity index (χ4v) is 1.42. The first-order valence-corrected chi connectivity index (χ1v) is 4.16. The van der Waals surface area contributed by atoms with Gasteiger partial charge in [-0.05, 0) is 13.3 Å². The summed E-state index contributed by atoms with van der Waals surface area (Å²) in [6.07, 6.45) is 1.48. The average molecular weight is 157 g/mol. The van der Waals surface area contributed by atoms with E-state index < -0.39 is 6.23 Å². The number of aliphatic hydroxyl groups excluding tert-OH is 1. The monoisotopic (exact) mass is 157 g/mol. The van der Waals surface area contributed by atoms with Crippen molar-refractivity contribution in [3.05, 3.63) is 0 Å². The lowest BCUT2D eigenvalue weighted by molar-refractivity contribution is -0.136. The molecular weight excluding hydrogens is 142 g/mol. The maximum absolute atomic E-state index is 11.2. The molecule has 0 aromatic heterocycles. The van der Waals surface area contributed by atoms with Crippen LogP contribution in [-0.4, -0.2) is 28.2 Å². The number of nitrogens with zero attached hydrogens (tertiary/aromatic N) is 1. The minimum Gasteiger partial charge on any atom is -0.374 e. The highest BCUT2D eigenvalue weighted by Crippen LogP contribution is 2.20. The zero-order valence-electron chi connectivity index (χ0n) is 7.08. The Morgan fingerprint density at radius 1 is 1.82 bits per heavy atom. The van der Waals surface area contributed by atoms with E-state index >= 15 is 0 Å². The van der Waals surface area contributed by atoms with Crippen LogP contribution in [-0.2, 0) is 4.79 Å². The highest BCUT2D eigenvalue weighted by atomic mass is 16.3. The summed E-state index contributed by atoms with van der Waals surface area (Å²) >= 11 is 0. The summed E-state index contributed by atoms with van der Waals surface area (Å²) in [4.78, 5) is 12.7. The van der Waals surface area contributed by atoms with Crippen LogP contribution >= 0.6 is 0 Å². The molecule has 0 saturated carbocycles. The van der Waals surface area contributed by atoms with Crippen LogP contribution in [0.2, 0.25) is 0 Å². The summed E-state index contributed by atoms with van der Waals surface area (Å²) in [7, 11) is 0. The van der Waals surface area contributed by atoms with Crippen molar-refractivity contribution in [3.8, 4) is 0 Å². The van der Waals surface area contributed by atoms with Crippen molar-refractivity contribution < 1.29 is 9.90 Å². The van der Waals surface area contributed by atoms with E-state index in [0.717, 1.165) is 6.42 Å². The maximum Gasteiger partial charge on any atom is 0.225 e. The summed E-state index contributed by atoms with van der Waals surface area (Å²) in [6.45, 7) is 3.98. The van der Waals surface area contributed by atoms with E-state index in [4.69, 9.17) is 0 Å². The predicted molar refractivity (Wildman–Crippen MR) is 41.8 cm³/mol. The second-order valence-electron chi connectivity index (χ2n) is 3.08. The van der Waals surface area contributed by atoms with Gasteiger partial charge < -0.3 is 10.0 Å². The fourth-order valence-electron chi connectivity index (χ4n) is 1.42. The molecule has 3 nitrogen and oxygen atoms in total. The standard InChI is InChI=1S/C8H15NO2/c1-3-6(2)9-7(10)4-5-8(9)11/h6-7,10H,3-5H2,1-2H3/t6-,7+/m1/s1. The summed E-state index contributed by atoms with van der Waals surface area (Å²) in [5.74, 6) is 0.0897. The van der Waals surface area contributed by atoms with Crippen LogP contribution < -0.4 is 0 Å². The molecule has 0 aromatic carbocycles. The van der Waals surface area contributed by atoms with Crippen LogP contribution in [0.25, 0.3) is 0 Å². The maximum atomic E-state index is 11.2. The molecule has 3 heteroatoms. The van der Waals surface area contributed by atoms with Crippen LogP contribution in [0, 0.1) is 0 Å². The molecule has 1 aliphatic rings. The first kappa shape index (κ1) is 8.53. The average Bonchev–Trinajstić information content (AvgIpc) is 2.30. The van der Waals surface area contributed by atoms with Crippen molar-refractivity contribution in [2.75, 3.05) is 0 Å². The van der Waals surface area contributed by atoms with Gasteiger partial charge in [-0.1, -0.05) is 6.92 Å². The molecule has 11 heavy (non-hydrogen) atoms. The molecule has 1 heterocycles. The number of carbonyl (C=O) groups excluding carboxylic acids is 1. The number of rotatable bonds is 2. The normalized spacial score (nSPS) is 27.7. The van der Waals surface area contributed by atoms with E-state index in [1.54, 1.807) is 4.90 Å². The number of hydrogen-bond acceptors (Lipinski definition) is 2. The van der Waals surface area contributed by atoms with Crippen LogP contribution in [0.15, 0.2) is 0 Å². The third-order valence-corrected chi connectivity index (χ3v) is 2.29. The molecule has 1 N–H and O–H groups in total. The van der Waals surface area contributed by atoms with Gasteiger partial charge in [0, 0.05) is 18.9 Å². The summed E-state index contributed by atoms with van der Waals surface area (Å²) in [5, 5.41) is 9.37. The molecule has 1 amide bonds. The Balaban J connectivity index is 2.60. The van der Waals surface area contributed by atoms with E-state index in [9.17, 15) is 9.90 Å². The molecule has 2 atom stereocenters. The summed E-state index contributed by atoms with van der Waals surface area (Å²) < 4.78 is 0. The lowest BCUT2D eigenvalue weighted by Gasteiger charge is -2.26. The molecule has 0 aliphatic carbocycles. The van der Waals surface area contributed by atoms with Gasteiger partial charge >= 0.3 is 0 Å². The molecule has 0 radical (unpaired) electrons. The van der Waals surface area contributed by atoms with Crippen LogP contribution in [0.5, 0.6) is 0 Å². The molecule has 0 spiro atoms. The Morgan fingerprint density at radius 3 is 2.82 bits per heavy atom. The Morgan fingerprint density at radius 2 is 2.45 bits per heavy atom. The van der Waals surface area contributed by atoms with Gasteiger partial charge in [0.2, 0.25) is 5.91 Å². The number of hydrogen-bond donors (Lipinski definition) is 1. The van der Waals surface area contributed by atoms with Crippen molar-refractivity contribution in [1.29, 1.82) is 0 Å². The van der Waals surface area contributed by atoms with Crippen molar-refractivity contribution in [2.24, 2.45) is 0 Å². The Bertz CT molecular complexity index is 158. The Labute approximate surface area is 67.0 Å². The molecule has 64 valence electrons. The van der Waals surface area contributed by atoms with Crippen molar-refractivity contribution in [2.45, 2.75) is 45.4 Å². The van der Waals surface area contributed by atoms with E-state index in [2.05, 4.69) is 0 Å². The van der Waals surface area contributed by atoms with Gasteiger partial charge in [-0.15, -0.1) is 0 Å². The molecule has 1 fully saturated rings. The SMILES string of the molecule is CC[C@@H](C)N1C(=O)CC[C@@H]1O. The molecular formula is C8H15NO2. The highest BCUT2D eigenvalue weighted by molar-refractivity contribution is 5.78. The lowest BCUT2D eigenvalue weighted by Crippen LogP contribution is -2.39. The smallest absolute Gasteiger partial charge is 0.225 e. The van der Waals surface area contributed by atoms with E-state index in [1.807, 2.05) is 13.8 Å². The predicted octanol–water partition coefficient (Wildman–Crippen LogP) is 0.726. The summed E-state index contributed by atoms with van der Waals surface area (Å²) in [6, 6.07) is 0.181. The second kappa shape index (κ2) is 3.22. The first-order valence-electron chi connectivity index (χ1n) is 4.16. The summed E-state index contributed by atoms with van der Waals surface area (Å²) in [5.41, 5.74) is 0. The van der Waals surface area contributed by atoms with Crippen molar-refractivity contribution in [3.63, 3.8) is 0 Å². The Kier molecular flexibility index (Phi) is 2.49. The number of aliphatic hydroxyl groups is 1. The zero-order valence-corrected chi connectivity index (χ0v) is 7.08. The van der Waals surface area contributed by atoms with Gasteiger partial charge in [-0.25, -0.2) is 0 Å². The molecule has 0 unspecified atom stereocenters. The van der Waals surface area contributed by atoms with Crippen LogP contribution in [0.4, 0.5) is 0 Å². The Hall–Kier alpha value is -0.570. The molecule has 1 saturated heterocycles. The van der Waals surface area contributed by atoms with Gasteiger partial charge in [-0.2, -0.15) is 0 Å². The topological polar surface area (TPSA) is 40.5 Å². The van der Waals surface area contributed by atoms with Gasteiger partial charge in [0.15, 0.2) is 0 Å². The largest absolute Gasteiger partial charge is 0.374 e. The van der Waals surface area contributed by atoms with Gasteiger partial charge in [0.05, 0.1) is 0 Å². The van der Waals surface area contributed by atoms with E-state index in [1.165, 1.54) is 0 Å². The van der Waals surface area contributed by atoms with E-state index in [0.29, 0.717) is 12.8 Å². The van der Waals surface area contributed by atoms with Gasteiger partial charge in [0.1, 0.15) is 6.23 Å². The van der Waals surface area contributed by atoms with Crippen LogP contribution in [0.3, 0.4) is 0 Å². The molecule has 0 aromatic rings. The highest BCUT2D eigenvalue weighted by Gasteiger charge is 2.31. The molecule has 1 aliphatic heterocycles. The van der Waals surface area contributed by atoms with Gasteiger partial charge in [-0.3, -0.25) is 4.79 Å². The lowest BCUT2D eigenvalue weighted by atomic mass is 10.2. The minimum absolute atomic E-state index is 0.0897. The minimum atomic E-state index is -0.530. The zero-order chi connectivity index (χ0) is 8.43. The fraction of sp³-hybridized carbons (Fsp3) is 0.875. The first-order chi connectivity index (χ1) is 5.16. The van der Waals surface area contributed by atoms with Gasteiger partial charge in [0.25, 0.3) is 0 Å². The number of likely N-dealkylation sites (tertiary alicyclic amines) is 1. The second-order valence-corrected chi connectivity index (χ2v) is 3.08. The molecule has 0 bridgehead atoms. The van der Waals surface area contributed by atoms with Crippen molar-refractivity contribution in [1.82, 2.24) is 4.90 Å². The number of carbonyl (C=O) groups is 1. The van der Waals surface area contributed by atoms with Crippen LogP contribution in [0.1, 0.15) is 33.1 Å². The third-order valence-electron chi connectivity index (χ3n) is 2.29.